The van der Waals surface area contributed by atoms with Gasteiger partial charge in [0, 0.05) is 37.4 Å². The first kappa shape index (κ1) is 25.3. The molecule has 1 saturated carbocycles. The van der Waals surface area contributed by atoms with Crippen molar-refractivity contribution in [2.24, 2.45) is 11.1 Å². The Hall–Kier alpha value is -2.30. The highest BCUT2D eigenvalue weighted by Crippen LogP contribution is 2.34. The lowest BCUT2D eigenvalue weighted by Gasteiger charge is -2.44. The summed E-state index contributed by atoms with van der Waals surface area (Å²) in [6.07, 6.45) is 3.17. The van der Waals surface area contributed by atoms with Crippen molar-refractivity contribution in [1.82, 2.24) is 4.90 Å². The number of nitrogens with zero attached hydrogens (tertiary/aromatic N) is 2. The number of amides is 2. The molecule has 1 heterocycles. The van der Waals surface area contributed by atoms with Crippen LogP contribution in [-0.4, -0.2) is 68.3 Å². The van der Waals surface area contributed by atoms with Gasteiger partial charge in [-0.05, 0) is 30.4 Å². The van der Waals surface area contributed by atoms with Crippen LogP contribution in [0.3, 0.4) is 0 Å². The lowest BCUT2D eigenvalue weighted by Crippen LogP contribution is -2.57. The molecule has 0 unspecified atom stereocenters. The Morgan fingerprint density at radius 2 is 2.09 bits per heavy atom. The van der Waals surface area contributed by atoms with Crippen LogP contribution in [-0.2, 0) is 14.3 Å². The van der Waals surface area contributed by atoms with Gasteiger partial charge in [-0.25, -0.2) is 0 Å². The monoisotopic (exact) mass is 468 g/mol. The van der Waals surface area contributed by atoms with E-state index in [-0.39, 0.29) is 48.4 Å². The fraction of sp³-hybridized carbons (Fsp3) is 0.652. The molecule has 1 aromatic carbocycles. The Balaban J connectivity index is 1.81. The molecule has 184 valence electrons. The molecule has 1 saturated heterocycles. The van der Waals surface area contributed by atoms with E-state index < -0.39 is 12.7 Å². The summed E-state index contributed by atoms with van der Waals surface area (Å²) in [5.41, 5.74) is 6.50. The summed E-state index contributed by atoms with van der Waals surface area (Å²) >= 11 is 0. The van der Waals surface area contributed by atoms with E-state index in [4.69, 9.17) is 10.5 Å². The van der Waals surface area contributed by atoms with Gasteiger partial charge in [-0.2, -0.15) is 8.78 Å². The largest absolute Gasteiger partial charge is 0.433 e. The molecule has 2 aliphatic rings. The Morgan fingerprint density at radius 1 is 1.36 bits per heavy atom. The number of rotatable bonds is 9. The molecule has 3 N–H and O–H groups in total. The number of ether oxygens (including phenoxy) is 2. The van der Waals surface area contributed by atoms with Crippen molar-refractivity contribution in [3.63, 3.8) is 0 Å². The molecule has 1 aliphatic heterocycles. The number of anilines is 2. The van der Waals surface area contributed by atoms with Crippen LogP contribution in [0.1, 0.15) is 40.0 Å². The minimum Gasteiger partial charge on any atom is -0.433 e. The van der Waals surface area contributed by atoms with E-state index in [2.05, 4.69) is 35.7 Å². The van der Waals surface area contributed by atoms with Crippen LogP contribution < -0.4 is 20.7 Å². The van der Waals surface area contributed by atoms with E-state index in [0.29, 0.717) is 24.9 Å². The summed E-state index contributed by atoms with van der Waals surface area (Å²) < 4.78 is 35.9. The van der Waals surface area contributed by atoms with Crippen LogP contribution in [0.2, 0.25) is 0 Å². The molecular weight excluding hydrogens is 434 g/mol. The van der Waals surface area contributed by atoms with E-state index in [1.165, 1.54) is 17.0 Å². The fourth-order valence-corrected chi connectivity index (χ4v) is 4.16. The predicted molar refractivity (Wildman–Crippen MR) is 122 cm³/mol. The number of carbonyl (C=O) groups is 2. The standard InChI is InChI=1S/C23H34F2N4O4/c1-23(2,3)14-29(16-5-4-6-16)18(12-26)21(31)27-15-7-8-17(19(11-15)33-22(24)25)28-9-10-32-13-20(28)30/h7-8,11,16,18,22H,4-6,9-10,12-14,26H2,1-3H3,(H,27,31)/t18-/m1/s1. The average molecular weight is 469 g/mol. The van der Waals surface area contributed by atoms with Gasteiger partial charge in [-0.3, -0.25) is 14.5 Å². The number of nitrogens with two attached hydrogens (primary N) is 1. The van der Waals surface area contributed by atoms with Gasteiger partial charge in [0.2, 0.25) is 5.91 Å². The van der Waals surface area contributed by atoms with Gasteiger partial charge in [-0.1, -0.05) is 27.2 Å². The molecule has 33 heavy (non-hydrogen) atoms. The van der Waals surface area contributed by atoms with E-state index in [1.54, 1.807) is 6.07 Å². The molecule has 0 bridgehead atoms. The van der Waals surface area contributed by atoms with Crippen LogP contribution in [0.25, 0.3) is 0 Å². The summed E-state index contributed by atoms with van der Waals surface area (Å²) in [4.78, 5) is 28.9. The van der Waals surface area contributed by atoms with Gasteiger partial charge in [0.1, 0.15) is 12.6 Å². The number of nitrogens with one attached hydrogen (secondary N) is 1. The molecule has 0 spiro atoms. The highest BCUT2D eigenvalue weighted by molar-refractivity contribution is 5.98. The SMILES string of the molecule is CC(C)(C)CN(C1CCC1)[C@H](CN)C(=O)Nc1ccc(N2CCOCC2=O)c(OC(F)F)c1. The van der Waals surface area contributed by atoms with Gasteiger partial charge in [0.15, 0.2) is 5.75 Å². The summed E-state index contributed by atoms with van der Waals surface area (Å²) in [5, 5.41) is 2.80. The van der Waals surface area contributed by atoms with Crippen molar-refractivity contribution in [2.75, 3.05) is 43.1 Å². The third-order valence-electron chi connectivity index (χ3n) is 5.85. The summed E-state index contributed by atoms with van der Waals surface area (Å²) in [7, 11) is 0. The van der Waals surface area contributed by atoms with Gasteiger partial charge < -0.3 is 25.4 Å². The number of morpholine rings is 1. The summed E-state index contributed by atoms with van der Waals surface area (Å²) in [6, 6.07) is 4.13. The van der Waals surface area contributed by atoms with Crippen LogP contribution in [0, 0.1) is 5.41 Å². The first-order chi connectivity index (χ1) is 15.6. The second kappa shape index (κ2) is 10.8. The van der Waals surface area contributed by atoms with Crippen LogP contribution >= 0.6 is 0 Å². The average Bonchev–Trinajstić information content (AvgIpc) is 2.66. The number of carbonyl (C=O) groups excluding carboxylic acids is 2. The van der Waals surface area contributed by atoms with Crippen molar-refractivity contribution in [3.05, 3.63) is 18.2 Å². The van der Waals surface area contributed by atoms with Crippen LogP contribution in [0.4, 0.5) is 20.2 Å². The Labute approximate surface area is 193 Å². The maximum Gasteiger partial charge on any atom is 0.387 e. The van der Waals surface area contributed by atoms with Gasteiger partial charge in [-0.15, -0.1) is 0 Å². The van der Waals surface area contributed by atoms with E-state index in [1.807, 2.05) is 0 Å². The van der Waals surface area contributed by atoms with Gasteiger partial charge in [0.05, 0.1) is 12.3 Å². The zero-order valence-corrected chi connectivity index (χ0v) is 19.5. The summed E-state index contributed by atoms with van der Waals surface area (Å²) in [6.45, 7) is 4.50. The quantitative estimate of drug-likeness (QED) is 0.579. The van der Waals surface area contributed by atoms with Crippen molar-refractivity contribution in [1.29, 1.82) is 0 Å². The van der Waals surface area contributed by atoms with Crippen LogP contribution in [0.5, 0.6) is 5.75 Å². The lowest BCUT2D eigenvalue weighted by atomic mass is 9.86. The molecule has 2 fully saturated rings. The van der Waals surface area contributed by atoms with E-state index in [9.17, 15) is 18.4 Å². The Morgan fingerprint density at radius 3 is 2.64 bits per heavy atom. The minimum absolute atomic E-state index is 0.0199. The highest BCUT2D eigenvalue weighted by atomic mass is 19.3. The smallest absolute Gasteiger partial charge is 0.387 e. The topological polar surface area (TPSA) is 97.1 Å². The van der Waals surface area contributed by atoms with Gasteiger partial charge >= 0.3 is 6.61 Å². The minimum atomic E-state index is -3.08. The van der Waals surface area contributed by atoms with Gasteiger partial charge in [0.25, 0.3) is 5.91 Å². The third-order valence-corrected chi connectivity index (χ3v) is 5.85. The Kier molecular flexibility index (Phi) is 8.25. The summed E-state index contributed by atoms with van der Waals surface area (Å²) in [5.74, 6) is -0.835. The van der Waals surface area contributed by atoms with Crippen molar-refractivity contribution in [2.45, 2.75) is 58.7 Å². The normalized spacial score (nSPS) is 18.4. The molecule has 1 aromatic rings. The number of hydrogen-bond acceptors (Lipinski definition) is 6. The molecule has 10 heteroatoms. The molecule has 1 atom stereocenters. The van der Waals surface area contributed by atoms with E-state index in [0.717, 1.165) is 19.3 Å². The molecule has 3 rings (SSSR count). The number of alkyl halides is 2. The van der Waals surface area contributed by atoms with Crippen molar-refractivity contribution < 1.29 is 27.8 Å². The molecule has 0 aromatic heterocycles. The first-order valence-corrected chi connectivity index (χ1v) is 11.3. The molecule has 8 nitrogen and oxygen atoms in total. The highest BCUT2D eigenvalue weighted by Gasteiger charge is 2.36. The van der Waals surface area contributed by atoms with Crippen LogP contribution in [0.15, 0.2) is 18.2 Å². The second-order valence-corrected chi connectivity index (χ2v) is 9.72. The zero-order valence-electron chi connectivity index (χ0n) is 19.5. The van der Waals surface area contributed by atoms with Crippen molar-refractivity contribution in [3.8, 4) is 5.75 Å². The maximum absolute atomic E-state index is 13.2. The second-order valence-electron chi connectivity index (χ2n) is 9.72. The van der Waals surface area contributed by atoms with Crippen molar-refractivity contribution >= 4 is 23.2 Å². The maximum atomic E-state index is 13.2. The Bertz CT molecular complexity index is 842. The first-order valence-electron chi connectivity index (χ1n) is 11.3. The number of halogens is 2. The lowest BCUT2D eigenvalue weighted by molar-refractivity contribution is -0.126. The zero-order chi connectivity index (χ0) is 24.2. The predicted octanol–water partition coefficient (Wildman–Crippen LogP) is 2.82. The molecule has 1 aliphatic carbocycles. The molecule has 0 radical (unpaired) electrons. The van der Waals surface area contributed by atoms with E-state index >= 15 is 0 Å². The fourth-order valence-electron chi connectivity index (χ4n) is 4.16. The number of benzene rings is 1. The molecular formula is C23H34F2N4O4. The molecule has 2 amide bonds. The number of hydrogen-bond donors (Lipinski definition) is 2. The third kappa shape index (κ3) is 6.61.